The number of carbonyl (C=O) groups excluding carboxylic acids is 1. The van der Waals surface area contributed by atoms with Gasteiger partial charge in [0.1, 0.15) is 5.37 Å². The second-order valence-corrected chi connectivity index (χ2v) is 11.9. The van der Waals surface area contributed by atoms with E-state index in [1.807, 2.05) is 55.6 Å². The molecule has 0 spiro atoms. The standard InChI is InChI=1S/C28H31N5O3S2/c1-28(2,3)31-38-24-16-21(30-27(34)29-17-19-8-6-5-7-9-19)12-15-23(24)25-18-32(4)26(37-25)20-10-13-22(14-11-20)33(35)36/h5-16,18,26,31H,17H2,1-4H3,(H2,29,30,34). The molecule has 1 aliphatic heterocycles. The maximum absolute atomic E-state index is 12.6. The zero-order chi connectivity index (χ0) is 27.3. The number of benzene rings is 3. The van der Waals surface area contributed by atoms with Crippen LogP contribution >= 0.6 is 23.7 Å². The summed E-state index contributed by atoms with van der Waals surface area (Å²) in [4.78, 5) is 27.4. The number of nitro benzene ring substituents is 1. The Hall–Kier alpha value is -3.47. The monoisotopic (exact) mass is 549 g/mol. The van der Waals surface area contributed by atoms with Gasteiger partial charge >= 0.3 is 6.03 Å². The van der Waals surface area contributed by atoms with Crippen LogP contribution < -0.4 is 15.4 Å². The first-order valence-electron chi connectivity index (χ1n) is 12.1. The Morgan fingerprint density at radius 3 is 2.45 bits per heavy atom. The average molecular weight is 550 g/mol. The van der Waals surface area contributed by atoms with E-state index >= 15 is 0 Å². The molecule has 1 heterocycles. The van der Waals surface area contributed by atoms with Gasteiger partial charge in [-0.2, -0.15) is 0 Å². The fraction of sp³-hybridized carbons (Fsp3) is 0.250. The largest absolute Gasteiger partial charge is 0.363 e. The molecule has 0 aromatic heterocycles. The normalized spacial score (nSPS) is 15.2. The van der Waals surface area contributed by atoms with E-state index in [0.29, 0.717) is 12.2 Å². The van der Waals surface area contributed by atoms with Crippen LogP contribution in [0.5, 0.6) is 0 Å². The van der Waals surface area contributed by atoms with E-state index in [2.05, 4.69) is 47.2 Å². The second-order valence-electron chi connectivity index (χ2n) is 9.94. The van der Waals surface area contributed by atoms with Crippen LogP contribution in [0.2, 0.25) is 0 Å². The number of amides is 2. The molecule has 0 aliphatic carbocycles. The molecule has 1 unspecified atom stereocenters. The van der Waals surface area contributed by atoms with E-state index in [1.54, 1.807) is 36.0 Å². The molecule has 2 amide bonds. The third-order valence-corrected chi connectivity index (χ3v) is 8.27. The summed E-state index contributed by atoms with van der Waals surface area (Å²) in [5.41, 5.74) is 3.72. The topological polar surface area (TPSA) is 99.5 Å². The lowest BCUT2D eigenvalue weighted by Crippen LogP contribution is -2.30. The van der Waals surface area contributed by atoms with Crippen LogP contribution in [0.25, 0.3) is 4.91 Å². The van der Waals surface area contributed by atoms with Gasteiger partial charge in [0.15, 0.2) is 0 Å². The highest BCUT2D eigenvalue weighted by Gasteiger charge is 2.27. The Labute approximate surface area is 231 Å². The van der Waals surface area contributed by atoms with Crippen molar-refractivity contribution >= 4 is 46.0 Å². The Bertz CT molecular complexity index is 1320. The SMILES string of the molecule is CN1C=C(c2ccc(NC(=O)NCc3ccccc3)cc2SNC(C)(C)C)SC1c1ccc([N+](=O)[O-])cc1. The van der Waals surface area contributed by atoms with E-state index < -0.39 is 0 Å². The molecule has 3 N–H and O–H groups in total. The number of nitrogens with zero attached hydrogens (tertiary/aromatic N) is 2. The molecular formula is C28H31N5O3S2. The summed E-state index contributed by atoms with van der Waals surface area (Å²) in [6.45, 7) is 6.74. The van der Waals surface area contributed by atoms with Gasteiger partial charge in [-0.25, -0.2) is 4.79 Å². The fourth-order valence-corrected chi connectivity index (χ4v) is 5.98. The number of non-ortho nitro benzene ring substituents is 1. The van der Waals surface area contributed by atoms with E-state index in [9.17, 15) is 14.9 Å². The summed E-state index contributed by atoms with van der Waals surface area (Å²) in [5, 5.41) is 16.9. The van der Waals surface area contributed by atoms with Crippen LogP contribution in [0.4, 0.5) is 16.2 Å². The number of urea groups is 1. The van der Waals surface area contributed by atoms with Gasteiger partial charge in [-0.3, -0.25) is 14.8 Å². The molecule has 0 saturated heterocycles. The van der Waals surface area contributed by atoms with Crippen molar-refractivity contribution in [3.63, 3.8) is 0 Å². The van der Waals surface area contributed by atoms with Gasteiger partial charge in [-0.15, -0.1) is 0 Å². The minimum absolute atomic E-state index is 0.000736. The zero-order valence-corrected chi connectivity index (χ0v) is 23.4. The number of anilines is 1. The molecular weight excluding hydrogens is 518 g/mol. The predicted octanol–water partition coefficient (Wildman–Crippen LogP) is 6.99. The molecule has 3 aromatic rings. The third kappa shape index (κ3) is 7.31. The number of nitrogens with one attached hydrogen (secondary N) is 3. The molecule has 0 saturated carbocycles. The van der Waals surface area contributed by atoms with Crippen LogP contribution in [0.15, 0.2) is 83.9 Å². The molecule has 1 aliphatic rings. The van der Waals surface area contributed by atoms with Crippen molar-refractivity contribution in [2.24, 2.45) is 0 Å². The average Bonchev–Trinajstić information content (AvgIpc) is 3.27. The number of nitro groups is 1. The van der Waals surface area contributed by atoms with Gasteiger partial charge in [-0.05, 0) is 68.1 Å². The molecule has 3 aromatic carbocycles. The summed E-state index contributed by atoms with van der Waals surface area (Å²) < 4.78 is 3.47. The molecule has 10 heteroatoms. The summed E-state index contributed by atoms with van der Waals surface area (Å²) in [7, 11) is 2.00. The number of hydrogen-bond acceptors (Lipinski definition) is 7. The second kappa shape index (κ2) is 11.9. The smallest absolute Gasteiger partial charge is 0.319 e. The van der Waals surface area contributed by atoms with Crippen molar-refractivity contribution in [2.75, 3.05) is 12.4 Å². The molecule has 38 heavy (non-hydrogen) atoms. The lowest BCUT2D eigenvalue weighted by molar-refractivity contribution is -0.384. The Morgan fingerprint density at radius 2 is 1.79 bits per heavy atom. The lowest BCUT2D eigenvalue weighted by Gasteiger charge is -2.21. The minimum atomic E-state index is -0.387. The quantitative estimate of drug-likeness (QED) is 0.158. The molecule has 198 valence electrons. The number of rotatable bonds is 8. The summed E-state index contributed by atoms with van der Waals surface area (Å²) in [5.74, 6) is 0. The van der Waals surface area contributed by atoms with Crippen LogP contribution in [0, 0.1) is 10.1 Å². The molecule has 4 rings (SSSR count). The summed E-state index contributed by atoms with van der Waals surface area (Å²) in [6, 6.07) is 22.1. The Balaban J connectivity index is 1.51. The highest BCUT2D eigenvalue weighted by molar-refractivity contribution is 8.08. The maximum Gasteiger partial charge on any atom is 0.319 e. The molecule has 0 fully saturated rings. The number of carbonyl (C=O) groups is 1. The molecule has 1 atom stereocenters. The zero-order valence-electron chi connectivity index (χ0n) is 21.7. The van der Waals surface area contributed by atoms with Gasteiger partial charge < -0.3 is 15.5 Å². The van der Waals surface area contributed by atoms with Crippen molar-refractivity contribution in [3.05, 3.63) is 106 Å². The fourth-order valence-electron chi connectivity index (χ4n) is 3.73. The van der Waals surface area contributed by atoms with Crippen LogP contribution in [0.3, 0.4) is 0 Å². The van der Waals surface area contributed by atoms with Crippen LogP contribution in [-0.4, -0.2) is 28.4 Å². The number of thioether (sulfide) groups is 1. The Kier molecular flexibility index (Phi) is 8.65. The highest BCUT2D eigenvalue weighted by Crippen LogP contribution is 2.49. The van der Waals surface area contributed by atoms with Crippen molar-refractivity contribution in [2.45, 2.75) is 43.1 Å². The van der Waals surface area contributed by atoms with Gasteiger partial charge in [-0.1, -0.05) is 48.2 Å². The molecule has 0 bridgehead atoms. The van der Waals surface area contributed by atoms with Gasteiger partial charge in [0.2, 0.25) is 0 Å². The first kappa shape index (κ1) is 27.6. The van der Waals surface area contributed by atoms with Crippen LogP contribution in [-0.2, 0) is 6.54 Å². The molecule has 8 nitrogen and oxygen atoms in total. The van der Waals surface area contributed by atoms with E-state index in [4.69, 9.17) is 0 Å². The first-order chi connectivity index (χ1) is 18.1. The van der Waals surface area contributed by atoms with Gasteiger partial charge in [0, 0.05) is 58.5 Å². The maximum atomic E-state index is 12.6. The van der Waals surface area contributed by atoms with E-state index in [-0.39, 0.29) is 27.6 Å². The van der Waals surface area contributed by atoms with Crippen molar-refractivity contribution in [1.82, 2.24) is 14.9 Å². The number of hydrogen-bond donors (Lipinski definition) is 3. The van der Waals surface area contributed by atoms with Crippen molar-refractivity contribution in [1.29, 1.82) is 0 Å². The Morgan fingerprint density at radius 1 is 1.08 bits per heavy atom. The third-order valence-electron chi connectivity index (χ3n) is 5.59. The van der Waals surface area contributed by atoms with Crippen LogP contribution in [0.1, 0.15) is 42.8 Å². The van der Waals surface area contributed by atoms with E-state index in [1.165, 1.54) is 11.9 Å². The highest BCUT2D eigenvalue weighted by atomic mass is 32.2. The minimum Gasteiger partial charge on any atom is -0.363 e. The van der Waals surface area contributed by atoms with Gasteiger partial charge in [0.25, 0.3) is 5.69 Å². The van der Waals surface area contributed by atoms with E-state index in [0.717, 1.165) is 26.5 Å². The predicted molar refractivity (Wildman–Crippen MR) is 157 cm³/mol. The van der Waals surface area contributed by atoms with Crippen molar-refractivity contribution < 1.29 is 9.72 Å². The van der Waals surface area contributed by atoms with Gasteiger partial charge in [0.05, 0.1) is 4.92 Å². The molecule has 0 radical (unpaired) electrons. The summed E-state index contributed by atoms with van der Waals surface area (Å²) >= 11 is 3.21. The first-order valence-corrected chi connectivity index (χ1v) is 13.8. The lowest BCUT2D eigenvalue weighted by atomic mass is 10.1. The summed E-state index contributed by atoms with van der Waals surface area (Å²) in [6.07, 6.45) is 2.09. The van der Waals surface area contributed by atoms with Crippen molar-refractivity contribution in [3.8, 4) is 0 Å².